The normalized spacial score (nSPS) is 20.0. The number of hydrogen-bond donors (Lipinski definition) is 0. The molecule has 0 unspecified atom stereocenters. The highest BCUT2D eigenvalue weighted by molar-refractivity contribution is 5.77. The second-order valence-electron chi connectivity index (χ2n) is 8.17. The molecular weight excluding hydrogens is 350 g/mol. The first-order valence-electron chi connectivity index (χ1n) is 10.4. The van der Waals surface area contributed by atoms with Gasteiger partial charge in [-0.3, -0.25) is 14.3 Å². The Bertz CT molecular complexity index is 1100. The number of aromatic nitrogens is 4. The zero-order chi connectivity index (χ0) is 19.3. The first-order valence-corrected chi connectivity index (χ1v) is 10.4. The van der Waals surface area contributed by atoms with Crippen LogP contribution in [0.5, 0.6) is 0 Å². The SMILES string of the molecule is Cn1c([C@@H]2CCCN2Cc2nc3ccccc3c(=O)n2C)nc2c1CCCC2. The van der Waals surface area contributed by atoms with Gasteiger partial charge in [-0.1, -0.05) is 12.1 Å². The molecule has 3 heterocycles. The first-order chi connectivity index (χ1) is 13.6. The van der Waals surface area contributed by atoms with E-state index in [9.17, 15) is 4.79 Å². The predicted molar refractivity (Wildman–Crippen MR) is 109 cm³/mol. The highest BCUT2D eigenvalue weighted by Crippen LogP contribution is 2.34. The lowest BCUT2D eigenvalue weighted by molar-refractivity contribution is 0.227. The maximum Gasteiger partial charge on any atom is 0.261 e. The molecule has 3 aromatic rings. The van der Waals surface area contributed by atoms with Crippen molar-refractivity contribution >= 4 is 10.9 Å². The molecule has 1 fully saturated rings. The molecule has 2 aromatic heterocycles. The molecule has 0 spiro atoms. The van der Waals surface area contributed by atoms with Gasteiger partial charge in [0.1, 0.15) is 11.6 Å². The van der Waals surface area contributed by atoms with E-state index in [1.54, 1.807) is 4.57 Å². The second kappa shape index (κ2) is 6.85. The number of aryl methyl sites for hydroxylation is 1. The molecule has 1 aliphatic heterocycles. The quantitative estimate of drug-likeness (QED) is 0.704. The smallest absolute Gasteiger partial charge is 0.261 e. The lowest BCUT2D eigenvalue weighted by Crippen LogP contribution is -2.30. The van der Waals surface area contributed by atoms with Crippen LogP contribution >= 0.6 is 0 Å². The van der Waals surface area contributed by atoms with Crippen LogP contribution in [0.15, 0.2) is 29.1 Å². The van der Waals surface area contributed by atoms with Crippen LogP contribution in [0, 0.1) is 0 Å². The van der Waals surface area contributed by atoms with Crippen LogP contribution in [0.4, 0.5) is 0 Å². The van der Waals surface area contributed by atoms with E-state index >= 15 is 0 Å². The molecule has 0 N–H and O–H groups in total. The Kier molecular flexibility index (Phi) is 4.31. The molecule has 6 heteroatoms. The number of benzene rings is 1. The monoisotopic (exact) mass is 377 g/mol. The van der Waals surface area contributed by atoms with Crippen molar-refractivity contribution in [3.8, 4) is 0 Å². The summed E-state index contributed by atoms with van der Waals surface area (Å²) in [6.07, 6.45) is 7.04. The average molecular weight is 377 g/mol. The summed E-state index contributed by atoms with van der Waals surface area (Å²) >= 11 is 0. The summed E-state index contributed by atoms with van der Waals surface area (Å²) in [4.78, 5) is 25.1. The van der Waals surface area contributed by atoms with Gasteiger partial charge in [0.05, 0.1) is 29.2 Å². The topological polar surface area (TPSA) is 56.0 Å². The van der Waals surface area contributed by atoms with Crippen molar-refractivity contribution in [3.63, 3.8) is 0 Å². The van der Waals surface area contributed by atoms with Gasteiger partial charge in [-0.05, 0) is 57.2 Å². The average Bonchev–Trinajstić information content (AvgIpc) is 3.30. The fourth-order valence-electron chi connectivity index (χ4n) is 4.90. The second-order valence-corrected chi connectivity index (χ2v) is 8.17. The third-order valence-electron chi connectivity index (χ3n) is 6.49. The molecule has 1 aromatic carbocycles. The molecule has 1 saturated heterocycles. The third-order valence-corrected chi connectivity index (χ3v) is 6.49. The molecule has 5 rings (SSSR count). The molecule has 1 aliphatic carbocycles. The van der Waals surface area contributed by atoms with E-state index in [1.165, 1.54) is 30.1 Å². The summed E-state index contributed by atoms with van der Waals surface area (Å²) in [5.74, 6) is 2.02. The molecule has 146 valence electrons. The summed E-state index contributed by atoms with van der Waals surface area (Å²) in [7, 11) is 4.01. The molecule has 6 nitrogen and oxygen atoms in total. The molecular formula is C22H27N5O. The van der Waals surface area contributed by atoms with Crippen molar-refractivity contribution in [2.75, 3.05) is 6.54 Å². The summed E-state index contributed by atoms with van der Waals surface area (Å²) in [6.45, 7) is 1.70. The highest BCUT2D eigenvalue weighted by Gasteiger charge is 2.32. The van der Waals surface area contributed by atoms with Crippen molar-refractivity contribution in [1.82, 2.24) is 24.0 Å². The van der Waals surface area contributed by atoms with Gasteiger partial charge < -0.3 is 4.57 Å². The summed E-state index contributed by atoms with van der Waals surface area (Å²) in [6, 6.07) is 7.92. The number of nitrogens with zero attached hydrogens (tertiary/aromatic N) is 5. The number of hydrogen-bond acceptors (Lipinski definition) is 4. The van der Waals surface area contributed by atoms with Crippen LogP contribution in [0.25, 0.3) is 10.9 Å². The van der Waals surface area contributed by atoms with E-state index in [4.69, 9.17) is 9.97 Å². The van der Waals surface area contributed by atoms with Crippen LogP contribution in [0.2, 0.25) is 0 Å². The Morgan fingerprint density at radius 3 is 2.71 bits per heavy atom. The molecule has 2 aliphatic rings. The Labute approximate surface area is 164 Å². The van der Waals surface area contributed by atoms with Gasteiger partial charge in [-0.15, -0.1) is 0 Å². The van der Waals surface area contributed by atoms with Gasteiger partial charge >= 0.3 is 0 Å². The molecule has 0 bridgehead atoms. The van der Waals surface area contributed by atoms with Gasteiger partial charge in [0.15, 0.2) is 0 Å². The van der Waals surface area contributed by atoms with Gasteiger partial charge in [-0.25, -0.2) is 9.97 Å². The number of imidazole rings is 1. The van der Waals surface area contributed by atoms with Crippen LogP contribution in [0.3, 0.4) is 0 Å². The zero-order valence-corrected chi connectivity index (χ0v) is 16.7. The van der Waals surface area contributed by atoms with E-state index in [0.29, 0.717) is 18.0 Å². The fraction of sp³-hybridized carbons (Fsp3) is 0.500. The minimum atomic E-state index is 0.0313. The number of para-hydroxylation sites is 1. The maximum absolute atomic E-state index is 12.7. The summed E-state index contributed by atoms with van der Waals surface area (Å²) in [5.41, 5.74) is 3.53. The largest absolute Gasteiger partial charge is 0.334 e. The minimum Gasteiger partial charge on any atom is -0.334 e. The molecule has 0 saturated carbocycles. The molecule has 28 heavy (non-hydrogen) atoms. The molecule has 0 radical (unpaired) electrons. The van der Waals surface area contributed by atoms with Crippen molar-refractivity contribution in [2.24, 2.45) is 14.1 Å². The van der Waals surface area contributed by atoms with Gasteiger partial charge in [-0.2, -0.15) is 0 Å². The van der Waals surface area contributed by atoms with Crippen molar-refractivity contribution in [3.05, 3.63) is 57.7 Å². The van der Waals surface area contributed by atoms with E-state index in [2.05, 4.69) is 16.5 Å². The number of rotatable bonds is 3. The lowest BCUT2D eigenvalue weighted by atomic mass is 10.0. The molecule has 0 amide bonds. The van der Waals surface area contributed by atoms with Crippen LogP contribution in [-0.2, 0) is 33.5 Å². The standard InChI is InChI=1S/C22H27N5O/c1-25-18-11-6-5-10-17(18)24-21(25)19-12-7-13-27(19)14-20-23-16-9-4-3-8-15(16)22(28)26(20)2/h3-4,8-9,19H,5-7,10-14H2,1-2H3/t19-/m0/s1. The number of fused-ring (bicyclic) bond motifs is 2. The van der Waals surface area contributed by atoms with E-state index in [1.807, 2.05) is 31.3 Å². The molecule has 1 atom stereocenters. The van der Waals surface area contributed by atoms with Crippen molar-refractivity contribution < 1.29 is 0 Å². The van der Waals surface area contributed by atoms with Gasteiger partial charge in [0.25, 0.3) is 5.56 Å². The Balaban J connectivity index is 1.49. The first kappa shape index (κ1) is 17.6. The van der Waals surface area contributed by atoms with Crippen molar-refractivity contribution in [1.29, 1.82) is 0 Å². The van der Waals surface area contributed by atoms with Crippen molar-refractivity contribution in [2.45, 2.75) is 51.1 Å². The summed E-state index contributed by atoms with van der Waals surface area (Å²) in [5, 5.41) is 0.684. The summed E-state index contributed by atoms with van der Waals surface area (Å²) < 4.78 is 4.05. The van der Waals surface area contributed by atoms with E-state index < -0.39 is 0 Å². The Morgan fingerprint density at radius 1 is 1.04 bits per heavy atom. The van der Waals surface area contributed by atoms with Crippen LogP contribution < -0.4 is 5.56 Å². The lowest BCUT2D eigenvalue weighted by Gasteiger charge is -2.25. The van der Waals surface area contributed by atoms with E-state index in [-0.39, 0.29) is 5.56 Å². The highest BCUT2D eigenvalue weighted by atomic mass is 16.1. The fourth-order valence-corrected chi connectivity index (χ4v) is 4.90. The zero-order valence-electron chi connectivity index (χ0n) is 16.7. The van der Waals surface area contributed by atoms with Crippen LogP contribution in [-0.4, -0.2) is 30.5 Å². The predicted octanol–water partition coefficient (Wildman–Crippen LogP) is 2.88. The third kappa shape index (κ3) is 2.78. The van der Waals surface area contributed by atoms with E-state index in [0.717, 1.165) is 43.6 Å². The maximum atomic E-state index is 12.7. The Morgan fingerprint density at radius 2 is 1.86 bits per heavy atom. The minimum absolute atomic E-state index is 0.0313. The Hall–Kier alpha value is -2.47. The van der Waals surface area contributed by atoms with Gasteiger partial charge in [0, 0.05) is 19.8 Å². The van der Waals surface area contributed by atoms with Crippen LogP contribution in [0.1, 0.15) is 54.8 Å². The number of likely N-dealkylation sites (tertiary alicyclic amines) is 1. The van der Waals surface area contributed by atoms with Gasteiger partial charge in [0.2, 0.25) is 0 Å².